The van der Waals surface area contributed by atoms with Gasteiger partial charge >= 0.3 is 5.97 Å². The van der Waals surface area contributed by atoms with Crippen molar-refractivity contribution in [1.29, 1.82) is 0 Å². The zero-order valence-electron chi connectivity index (χ0n) is 10.2. The molecule has 0 aliphatic rings. The predicted octanol–water partition coefficient (Wildman–Crippen LogP) is 2.93. The van der Waals surface area contributed by atoms with Crippen LogP contribution in [-0.2, 0) is 11.2 Å². The normalized spacial score (nSPS) is 9.58. The third kappa shape index (κ3) is 3.91. The van der Waals surface area contributed by atoms with Crippen molar-refractivity contribution in [3.8, 4) is 0 Å². The van der Waals surface area contributed by atoms with Crippen molar-refractivity contribution in [2.45, 2.75) is 6.42 Å². The van der Waals surface area contributed by atoms with E-state index in [1.807, 2.05) is 12.1 Å². The van der Waals surface area contributed by atoms with Crippen LogP contribution in [0.3, 0.4) is 0 Å². The molecule has 1 aromatic carbocycles. The van der Waals surface area contributed by atoms with Crippen molar-refractivity contribution >= 4 is 30.0 Å². The summed E-state index contributed by atoms with van der Waals surface area (Å²) in [5.74, 6) is -0.356. The summed E-state index contributed by atoms with van der Waals surface area (Å²) < 4.78 is 4.74. The Bertz CT molecular complexity index is 576. The highest BCUT2D eigenvalue weighted by Crippen LogP contribution is 2.14. The van der Waals surface area contributed by atoms with Gasteiger partial charge in [-0.2, -0.15) is 0 Å². The van der Waals surface area contributed by atoms with Crippen LogP contribution >= 0.6 is 24.0 Å². The third-order valence-electron chi connectivity index (χ3n) is 2.48. The first-order valence-electron chi connectivity index (χ1n) is 5.34. The Morgan fingerprint density at radius 3 is 2.74 bits per heavy atom. The molecule has 4 nitrogen and oxygen atoms in total. The standard InChI is InChI=1S/C13H11ClN2O2.ClH/c1-18-12(17)11-5-3-2-4-9(11)8-10-6-7-15-13(14)16-10;/h2-7H,8H2,1H3;1H. The summed E-state index contributed by atoms with van der Waals surface area (Å²) >= 11 is 5.73. The SMILES string of the molecule is COC(=O)c1ccccc1Cc1ccnc(Cl)n1.Cl. The molecular weight excluding hydrogens is 287 g/mol. The summed E-state index contributed by atoms with van der Waals surface area (Å²) in [6.45, 7) is 0. The fourth-order valence-electron chi connectivity index (χ4n) is 1.65. The maximum atomic E-state index is 11.6. The first-order valence-corrected chi connectivity index (χ1v) is 5.72. The van der Waals surface area contributed by atoms with E-state index in [1.165, 1.54) is 7.11 Å². The monoisotopic (exact) mass is 298 g/mol. The Labute approximate surface area is 122 Å². The Balaban J connectivity index is 0.00000180. The highest BCUT2D eigenvalue weighted by Gasteiger charge is 2.11. The molecule has 1 aromatic heterocycles. The first kappa shape index (κ1) is 15.4. The Kier molecular flexibility index (Phi) is 5.73. The van der Waals surface area contributed by atoms with Gasteiger partial charge in [-0.15, -0.1) is 12.4 Å². The number of carbonyl (C=O) groups is 1. The first-order chi connectivity index (χ1) is 8.70. The fraction of sp³-hybridized carbons (Fsp3) is 0.154. The van der Waals surface area contributed by atoms with E-state index in [1.54, 1.807) is 24.4 Å². The van der Waals surface area contributed by atoms with Gasteiger partial charge in [-0.05, 0) is 29.3 Å². The molecule has 0 unspecified atom stereocenters. The van der Waals surface area contributed by atoms with Crippen molar-refractivity contribution < 1.29 is 9.53 Å². The molecule has 0 aliphatic heterocycles. The average molecular weight is 299 g/mol. The van der Waals surface area contributed by atoms with Gasteiger partial charge in [0.1, 0.15) is 0 Å². The number of rotatable bonds is 3. The van der Waals surface area contributed by atoms with E-state index >= 15 is 0 Å². The van der Waals surface area contributed by atoms with Gasteiger partial charge in [-0.1, -0.05) is 18.2 Å². The molecule has 1 heterocycles. The van der Waals surface area contributed by atoms with Crippen LogP contribution in [0.25, 0.3) is 0 Å². The van der Waals surface area contributed by atoms with Crippen LogP contribution in [0, 0.1) is 0 Å². The molecule has 2 aromatic rings. The van der Waals surface area contributed by atoms with Gasteiger partial charge in [0.15, 0.2) is 0 Å². The number of carbonyl (C=O) groups excluding carboxylic acids is 1. The van der Waals surface area contributed by atoms with Gasteiger partial charge in [0.2, 0.25) is 5.28 Å². The molecule has 0 saturated heterocycles. The average Bonchev–Trinajstić information content (AvgIpc) is 2.38. The van der Waals surface area contributed by atoms with Gasteiger partial charge in [-0.25, -0.2) is 14.8 Å². The van der Waals surface area contributed by atoms with Crippen LogP contribution in [0.2, 0.25) is 5.28 Å². The van der Waals surface area contributed by atoms with E-state index in [9.17, 15) is 4.79 Å². The van der Waals surface area contributed by atoms with E-state index in [4.69, 9.17) is 16.3 Å². The highest BCUT2D eigenvalue weighted by molar-refractivity contribution is 6.28. The molecule has 0 spiro atoms. The van der Waals surface area contributed by atoms with Crippen LogP contribution in [0.15, 0.2) is 36.5 Å². The van der Waals surface area contributed by atoms with Crippen LogP contribution < -0.4 is 0 Å². The second-order valence-corrected chi connectivity index (χ2v) is 3.98. The Hall–Kier alpha value is -1.65. The molecule has 0 saturated carbocycles. The summed E-state index contributed by atoms with van der Waals surface area (Å²) in [5.41, 5.74) is 2.14. The summed E-state index contributed by atoms with van der Waals surface area (Å²) in [7, 11) is 1.36. The van der Waals surface area contributed by atoms with E-state index < -0.39 is 0 Å². The minimum absolute atomic E-state index is 0. The number of esters is 1. The number of hydrogen-bond donors (Lipinski definition) is 0. The zero-order valence-corrected chi connectivity index (χ0v) is 11.7. The lowest BCUT2D eigenvalue weighted by atomic mass is 10.0. The lowest BCUT2D eigenvalue weighted by Crippen LogP contribution is -2.06. The number of nitrogens with zero attached hydrogens (tertiary/aromatic N) is 2. The van der Waals surface area contributed by atoms with Gasteiger partial charge in [0.25, 0.3) is 0 Å². The van der Waals surface area contributed by atoms with Crippen LogP contribution in [0.1, 0.15) is 21.6 Å². The number of hydrogen-bond acceptors (Lipinski definition) is 4. The number of halogens is 2. The van der Waals surface area contributed by atoms with Crippen LogP contribution in [0.4, 0.5) is 0 Å². The van der Waals surface area contributed by atoms with Crippen LogP contribution in [-0.4, -0.2) is 23.0 Å². The highest BCUT2D eigenvalue weighted by atomic mass is 35.5. The molecular formula is C13H12Cl2N2O2. The molecule has 0 fully saturated rings. The minimum Gasteiger partial charge on any atom is -0.465 e. The Morgan fingerprint density at radius 2 is 2.05 bits per heavy atom. The van der Waals surface area contributed by atoms with Gasteiger partial charge in [0.05, 0.1) is 12.7 Å². The molecule has 0 N–H and O–H groups in total. The molecule has 0 radical (unpaired) electrons. The van der Waals surface area contributed by atoms with E-state index in [-0.39, 0.29) is 23.7 Å². The number of aromatic nitrogens is 2. The Morgan fingerprint density at radius 1 is 1.32 bits per heavy atom. The summed E-state index contributed by atoms with van der Waals surface area (Å²) in [5, 5.41) is 0.197. The molecule has 0 bridgehead atoms. The predicted molar refractivity (Wildman–Crippen MR) is 74.9 cm³/mol. The van der Waals surface area contributed by atoms with Gasteiger partial charge in [-0.3, -0.25) is 0 Å². The molecule has 6 heteroatoms. The van der Waals surface area contributed by atoms with E-state index in [0.717, 1.165) is 11.3 Å². The molecule has 19 heavy (non-hydrogen) atoms. The largest absolute Gasteiger partial charge is 0.465 e. The van der Waals surface area contributed by atoms with Crippen molar-refractivity contribution in [3.63, 3.8) is 0 Å². The summed E-state index contributed by atoms with van der Waals surface area (Å²) in [6, 6.07) is 9.01. The third-order valence-corrected chi connectivity index (χ3v) is 2.66. The second kappa shape index (κ2) is 7.07. The minimum atomic E-state index is -0.356. The van der Waals surface area contributed by atoms with Gasteiger partial charge < -0.3 is 4.74 Å². The smallest absolute Gasteiger partial charge is 0.338 e. The van der Waals surface area contributed by atoms with Gasteiger partial charge in [0, 0.05) is 18.3 Å². The molecule has 0 aliphatic carbocycles. The number of methoxy groups -OCH3 is 1. The van der Waals surface area contributed by atoms with Crippen LogP contribution in [0.5, 0.6) is 0 Å². The quantitative estimate of drug-likeness (QED) is 0.646. The molecule has 2 rings (SSSR count). The lowest BCUT2D eigenvalue weighted by molar-refractivity contribution is 0.0599. The van der Waals surface area contributed by atoms with Crippen molar-refractivity contribution in [1.82, 2.24) is 9.97 Å². The van der Waals surface area contributed by atoms with E-state index in [2.05, 4.69) is 9.97 Å². The van der Waals surface area contributed by atoms with Crippen molar-refractivity contribution in [2.75, 3.05) is 7.11 Å². The number of ether oxygens (including phenoxy) is 1. The van der Waals surface area contributed by atoms with E-state index in [0.29, 0.717) is 12.0 Å². The topological polar surface area (TPSA) is 52.1 Å². The van der Waals surface area contributed by atoms with Crippen molar-refractivity contribution in [3.05, 3.63) is 58.6 Å². The lowest BCUT2D eigenvalue weighted by Gasteiger charge is -2.07. The number of benzene rings is 1. The molecule has 0 atom stereocenters. The molecule has 0 amide bonds. The fourth-order valence-corrected chi connectivity index (χ4v) is 1.81. The summed E-state index contributed by atoms with van der Waals surface area (Å²) in [6.07, 6.45) is 2.10. The molecule has 100 valence electrons. The van der Waals surface area contributed by atoms with Crippen molar-refractivity contribution in [2.24, 2.45) is 0 Å². The summed E-state index contributed by atoms with van der Waals surface area (Å²) in [4.78, 5) is 19.5. The second-order valence-electron chi connectivity index (χ2n) is 3.64. The zero-order chi connectivity index (χ0) is 13.0. The maximum absolute atomic E-state index is 11.6. The maximum Gasteiger partial charge on any atom is 0.338 e.